The van der Waals surface area contributed by atoms with Crippen LogP contribution in [0, 0.1) is 6.92 Å². The highest BCUT2D eigenvalue weighted by Crippen LogP contribution is 2.34. The number of nitrogens with zero attached hydrogens (tertiary/aromatic N) is 2. The van der Waals surface area contributed by atoms with Crippen molar-refractivity contribution in [1.29, 1.82) is 0 Å². The quantitative estimate of drug-likeness (QED) is 0.661. The topological polar surface area (TPSA) is 8.17 Å². The minimum Gasteiger partial charge on any atom is -0.343 e. The van der Waals surface area contributed by atoms with E-state index >= 15 is 0 Å². The lowest BCUT2D eigenvalue weighted by Gasteiger charge is -2.30. The summed E-state index contributed by atoms with van der Waals surface area (Å²) < 4.78 is 2.60. The second-order valence-corrected chi connectivity index (χ2v) is 8.27. The molecule has 2 heteroatoms. The molecule has 0 atom stereocenters. The first kappa shape index (κ1) is 16.4. The van der Waals surface area contributed by atoms with Gasteiger partial charge in [0.1, 0.15) is 0 Å². The van der Waals surface area contributed by atoms with Crippen LogP contribution in [0.1, 0.15) is 36.2 Å². The lowest BCUT2D eigenvalue weighted by Crippen LogP contribution is -2.30. The highest BCUT2D eigenvalue weighted by Gasteiger charge is 2.27. The molecule has 2 aromatic carbocycles. The standard InChI is InChI=1S/C23H28N2/c1-17-10-11-21-19(14-17)20-15-24(4)13-12-22(20)25(21)16-23(2,3)18-8-6-5-7-9-18/h5-11,14H,12-13,15-16H2,1-4H3. The van der Waals surface area contributed by atoms with E-state index in [1.807, 2.05) is 0 Å². The fourth-order valence-electron chi connectivity index (χ4n) is 4.26. The van der Waals surface area contributed by atoms with Gasteiger partial charge in [-0.1, -0.05) is 55.8 Å². The first-order valence-corrected chi connectivity index (χ1v) is 9.30. The molecule has 0 unspecified atom stereocenters. The summed E-state index contributed by atoms with van der Waals surface area (Å²) in [6.07, 6.45) is 1.14. The maximum atomic E-state index is 2.60. The molecule has 0 amide bonds. The third kappa shape index (κ3) is 2.89. The van der Waals surface area contributed by atoms with Crippen molar-refractivity contribution in [3.05, 3.63) is 70.9 Å². The molecule has 0 N–H and O–H groups in total. The summed E-state index contributed by atoms with van der Waals surface area (Å²) in [4.78, 5) is 2.44. The molecule has 1 aliphatic rings. The van der Waals surface area contributed by atoms with E-state index in [2.05, 4.69) is 85.8 Å². The smallest absolute Gasteiger partial charge is 0.0486 e. The largest absolute Gasteiger partial charge is 0.343 e. The number of rotatable bonds is 3. The van der Waals surface area contributed by atoms with Crippen molar-refractivity contribution in [2.45, 2.75) is 45.7 Å². The Kier molecular flexibility index (Phi) is 3.96. The van der Waals surface area contributed by atoms with E-state index in [9.17, 15) is 0 Å². The summed E-state index contributed by atoms with van der Waals surface area (Å²) in [5.74, 6) is 0. The van der Waals surface area contributed by atoms with Crippen molar-refractivity contribution < 1.29 is 0 Å². The van der Waals surface area contributed by atoms with E-state index in [1.54, 1.807) is 5.69 Å². The van der Waals surface area contributed by atoms with Crippen LogP contribution in [0.5, 0.6) is 0 Å². The highest BCUT2D eigenvalue weighted by atomic mass is 15.1. The maximum Gasteiger partial charge on any atom is 0.0486 e. The Labute approximate surface area is 151 Å². The van der Waals surface area contributed by atoms with Crippen molar-refractivity contribution in [2.75, 3.05) is 13.6 Å². The van der Waals surface area contributed by atoms with Crippen LogP contribution < -0.4 is 0 Å². The summed E-state index contributed by atoms with van der Waals surface area (Å²) in [5.41, 5.74) is 7.34. The highest BCUT2D eigenvalue weighted by molar-refractivity contribution is 5.86. The average Bonchev–Trinajstić information content (AvgIpc) is 2.88. The van der Waals surface area contributed by atoms with Gasteiger partial charge in [-0.2, -0.15) is 0 Å². The number of benzene rings is 2. The molecule has 0 bridgehead atoms. The van der Waals surface area contributed by atoms with Crippen LogP contribution in [0.3, 0.4) is 0 Å². The number of fused-ring (bicyclic) bond motifs is 3. The Morgan fingerprint density at radius 2 is 1.80 bits per heavy atom. The lowest BCUT2D eigenvalue weighted by molar-refractivity contribution is 0.306. The van der Waals surface area contributed by atoms with Gasteiger partial charge in [0, 0.05) is 48.1 Å². The number of hydrogen-bond acceptors (Lipinski definition) is 1. The fourth-order valence-corrected chi connectivity index (χ4v) is 4.26. The Bertz CT molecular complexity index is 903. The second-order valence-electron chi connectivity index (χ2n) is 8.27. The Morgan fingerprint density at radius 3 is 2.56 bits per heavy atom. The molecule has 2 heterocycles. The van der Waals surface area contributed by atoms with Crippen LogP contribution in [0.2, 0.25) is 0 Å². The number of likely N-dealkylation sites (N-methyl/N-ethyl adjacent to an activating group) is 1. The molecule has 1 aliphatic heterocycles. The van der Waals surface area contributed by atoms with E-state index in [-0.39, 0.29) is 5.41 Å². The van der Waals surface area contributed by atoms with Crippen LogP contribution in [0.15, 0.2) is 48.5 Å². The molecule has 1 aromatic heterocycles. The van der Waals surface area contributed by atoms with Crippen LogP contribution in [0.4, 0.5) is 0 Å². The van der Waals surface area contributed by atoms with Gasteiger partial charge in [0.25, 0.3) is 0 Å². The fraction of sp³-hybridized carbons (Fsp3) is 0.391. The van der Waals surface area contributed by atoms with Crippen LogP contribution in [0.25, 0.3) is 10.9 Å². The third-order valence-electron chi connectivity index (χ3n) is 5.71. The van der Waals surface area contributed by atoms with E-state index in [0.29, 0.717) is 0 Å². The normalized spacial score (nSPS) is 15.5. The van der Waals surface area contributed by atoms with Gasteiger partial charge in [-0.25, -0.2) is 0 Å². The SMILES string of the molecule is Cc1ccc2c(c1)c1c(n2CC(C)(C)c2ccccc2)CCN(C)C1. The molecule has 4 rings (SSSR count). The Morgan fingerprint density at radius 1 is 1.04 bits per heavy atom. The summed E-state index contributed by atoms with van der Waals surface area (Å²) in [6.45, 7) is 10.2. The lowest BCUT2D eigenvalue weighted by atomic mass is 9.84. The molecule has 0 fully saturated rings. The van der Waals surface area contributed by atoms with Gasteiger partial charge < -0.3 is 9.47 Å². The molecule has 2 nitrogen and oxygen atoms in total. The van der Waals surface area contributed by atoms with Gasteiger partial charge in [-0.15, -0.1) is 0 Å². The van der Waals surface area contributed by atoms with Gasteiger partial charge in [0.05, 0.1) is 0 Å². The van der Waals surface area contributed by atoms with Gasteiger partial charge >= 0.3 is 0 Å². The van der Waals surface area contributed by atoms with E-state index in [0.717, 1.165) is 26.1 Å². The zero-order valence-corrected chi connectivity index (χ0v) is 15.8. The van der Waals surface area contributed by atoms with Gasteiger partial charge in [0.2, 0.25) is 0 Å². The predicted molar refractivity (Wildman–Crippen MR) is 106 cm³/mol. The van der Waals surface area contributed by atoms with E-state index < -0.39 is 0 Å². The minimum atomic E-state index is 0.106. The Hall–Kier alpha value is -2.06. The van der Waals surface area contributed by atoms with Crippen molar-refractivity contribution in [1.82, 2.24) is 9.47 Å². The summed E-state index contributed by atoms with van der Waals surface area (Å²) >= 11 is 0. The summed E-state index contributed by atoms with van der Waals surface area (Å²) in [7, 11) is 2.23. The van der Waals surface area contributed by atoms with Crippen molar-refractivity contribution in [2.24, 2.45) is 0 Å². The third-order valence-corrected chi connectivity index (χ3v) is 5.71. The molecule has 0 radical (unpaired) electrons. The first-order chi connectivity index (χ1) is 12.0. The zero-order valence-electron chi connectivity index (χ0n) is 15.8. The minimum absolute atomic E-state index is 0.106. The van der Waals surface area contributed by atoms with Crippen molar-refractivity contribution >= 4 is 10.9 Å². The Balaban J connectivity index is 1.85. The maximum absolute atomic E-state index is 2.60. The average molecular weight is 332 g/mol. The van der Waals surface area contributed by atoms with Gasteiger partial charge in [-0.3, -0.25) is 0 Å². The summed E-state index contributed by atoms with van der Waals surface area (Å²) in [5, 5.41) is 1.45. The molecular formula is C23H28N2. The van der Waals surface area contributed by atoms with Crippen molar-refractivity contribution in [3.63, 3.8) is 0 Å². The number of aromatic nitrogens is 1. The summed E-state index contributed by atoms with van der Waals surface area (Å²) in [6, 6.07) is 17.9. The van der Waals surface area contributed by atoms with Crippen LogP contribution in [-0.4, -0.2) is 23.1 Å². The molecule has 0 aliphatic carbocycles. The van der Waals surface area contributed by atoms with Gasteiger partial charge in [0.15, 0.2) is 0 Å². The number of aryl methyl sites for hydroxylation is 1. The molecule has 0 saturated heterocycles. The molecule has 130 valence electrons. The molecule has 25 heavy (non-hydrogen) atoms. The molecule has 0 spiro atoms. The molecule has 3 aromatic rings. The molecular weight excluding hydrogens is 304 g/mol. The second kappa shape index (κ2) is 6.03. The van der Waals surface area contributed by atoms with E-state index in [1.165, 1.54) is 27.6 Å². The van der Waals surface area contributed by atoms with Gasteiger partial charge in [-0.05, 0) is 37.2 Å². The number of hydrogen-bond donors (Lipinski definition) is 0. The first-order valence-electron chi connectivity index (χ1n) is 9.30. The van der Waals surface area contributed by atoms with Crippen LogP contribution in [-0.2, 0) is 24.9 Å². The van der Waals surface area contributed by atoms with Crippen LogP contribution >= 0.6 is 0 Å². The predicted octanol–water partition coefficient (Wildman–Crippen LogP) is 4.92. The van der Waals surface area contributed by atoms with E-state index in [4.69, 9.17) is 0 Å². The molecule has 0 saturated carbocycles. The van der Waals surface area contributed by atoms with Crippen molar-refractivity contribution in [3.8, 4) is 0 Å². The zero-order chi connectivity index (χ0) is 17.6. The monoisotopic (exact) mass is 332 g/mol.